The quantitative estimate of drug-likeness (QED) is 0.720. The van der Waals surface area contributed by atoms with Crippen molar-refractivity contribution in [1.82, 2.24) is 0 Å². The highest BCUT2D eigenvalue weighted by molar-refractivity contribution is 7.09. The molecule has 0 aliphatic carbocycles. The molecule has 72 valence electrons. The van der Waals surface area contributed by atoms with Crippen molar-refractivity contribution in [1.29, 1.82) is 0 Å². The molecule has 0 fully saturated rings. The number of benzene rings is 1. The summed E-state index contributed by atoms with van der Waals surface area (Å²) < 4.78 is 0. The first-order valence-electron chi connectivity index (χ1n) is 4.22. The Balaban J connectivity index is 2.33. The van der Waals surface area contributed by atoms with Crippen LogP contribution in [0.15, 0.2) is 35.7 Å². The Morgan fingerprint density at radius 3 is 2.29 bits per heavy atom. The smallest absolute Gasteiger partial charge is 0.0456 e. The number of thiophene rings is 1. The van der Waals surface area contributed by atoms with Gasteiger partial charge in [0.25, 0.3) is 0 Å². The zero-order chi connectivity index (χ0) is 9.97. The Morgan fingerprint density at radius 1 is 1.00 bits per heavy atom. The van der Waals surface area contributed by atoms with E-state index in [-0.39, 0.29) is 0 Å². The highest BCUT2D eigenvalue weighted by atomic mass is 35.5. The van der Waals surface area contributed by atoms with Crippen LogP contribution in [-0.2, 0) is 6.42 Å². The third kappa shape index (κ3) is 2.11. The van der Waals surface area contributed by atoms with Gasteiger partial charge in [-0.15, -0.1) is 11.3 Å². The Morgan fingerprint density at radius 2 is 1.71 bits per heavy atom. The first kappa shape index (κ1) is 10.0. The van der Waals surface area contributed by atoms with Gasteiger partial charge < -0.3 is 0 Å². The Kier molecular flexibility index (Phi) is 3.12. The molecular weight excluding hydrogens is 235 g/mol. The van der Waals surface area contributed by atoms with Gasteiger partial charge >= 0.3 is 0 Å². The lowest BCUT2D eigenvalue weighted by molar-refractivity contribution is 1.24. The number of hydrogen-bond donors (Lipinski definition) is 0. The molecule has 1 heterocycles. The molecule has 0 aliphatic heterocycles. The SMILES string of the molecule is Clc1cccc(Cl)c1Cc1cccs1. The van der Waals surface area contributed by atoms with E-state index in [0.717, 1.165) is 22.0 Å². The fraction of sp³-hybridized carbons (Fsp3) is 0.0909. The number of rotatable bonds is 2. The van der Waals surface area contributed by atoms with Gasteiger partial charge in [0, 0.05) is 21.3 Å². The molecule has 0 spiro atoms. The summed E-state index contributed by atoms with van der Waals surface area (Å²) in [4.78, 5) is 1.28. The summed E-state index contributed by atoms with van der Waals surface area (Å²) in [5.41, 5.74) is 1.01. The molecule has 0 saturated heterocycles. The minimum Gasteiger partial charge on any atom is -0.149 e. The molecule has 2 aromatic rings. The van der Waals surface area contributed by atoms with Gasteiger partial charge in [-0.1, -0.05) is 35.3 Å². The van der Waals surface area contributed by atoms with E-state index >= 15 is 0 Å². The van der Waals surface area contributed by atoms with Gasteiger partial charge in [-0.2, -0.15) is 0 Å². The standard InChI is InChI=1S/C11H8Cl2S/c12-10-4-1-5-11(13)9(10)7-8-3-2-6-14-8/h1-6H,7H2. The third-order valence-corrected chi connectivity index (χ3v) is 3.58. The van der Waals surface area contributed by atoms with Crippen molar-refractivity contribution >= 4 is 34.5 Å². The summed E-state index contributed by atoms with van der Waals surface area (Å²) in [6.07, 6.45) is 0.816. The molecule has 0 bridgehead atoms. The Hall–Kier alpha value is -0.500. The lowest BCUT2D eigenvalue weighted by Gasteiger charge is -2.04. The second kappa shape index (κ2) is 4.35. The molecule has 0 amide bonds. The van der Waals surface area contributed by atoms with Crippen molar-refractivity contribution in [3.05, 3.63) is 56.2 Å². The highest BCUT2D eigenvalue weighted by Crippen LogP contribution is 2.27. The normalized spacial score (nSPS) is 10.4. The van der Waals surface area contributed by atoms with Crippen molar-refractivity contribution in [3.63, 3.8) is 0 Å². The van der Waals surface area contributed by atoms with Crippen LogP contribution in [0.2, 0.25) is 10.0 Å². The summed E-state index contributed by atoms with van der Waals surface area (Å²) in [5.74, 6) is 0. The van der Waals surface area contributed by atoms with Crippen LogP contribution in [0.1, 0.15) is 10.4 Å². The highest BCUT2D eigenvalue weighted by Gasteiger charge is 2.06. The maximum Gasteiger partial charge on any atom is 0.0456 e. The van der Waals surface area contributed by atoms with E-state index in [0.29, 0.717) is 0 Å². The van der Waals surface area contributed by atoms with Gasteiger partial charge in [0.1, 0.15) is 0 Å². The zero-order valence-corrected chi connectivity index (χ0v) is 9.66. The second-order valence-corrected chi connectivity index (χ2v) is 4.80. The summed E-state index contributed by atoms with van der Waals surface area (Å²) >= 11 is 13.9. The Bertz CT molecular complexity index is 401. The second-order valence-electron chi connectivity index (χ2n) is 2.96. The fourth-order valence-electron chi connectivity index (χ4n) is 1.29. The van der Waals surface area contributed by atoms with Crippen LogP contribution in [-0.4, -0.2) is 0 Å². The van der Waals surface area contributed by atoms with Crippen molar-refractivity contribution in [2.24, 2.45) is 0 Å². The minimum absolute atomic E-state index is 0.742. The average molecular weight is 243 g/mol. The topological polar surface area (TPSA) is 0 Å². The van der Waals surface area contributed by atoms with Gasteiger partial charge in [0.2, 0.25) is 0 Å². The molecule has 0 N–H and O–H groups in total. The van der Waals surface area contributed by atoms with Crippen molar-refractivity contribution < 1.29 is 0 Å². The van der Waals surface area contributed by atoms with Gasteiger partial charge in [0.05, 0.1) is 0 Å². The van der Waals surface area contributed by atoms with Crippen molar-refractivity contribution in [3.8, 4) is 0 Å². The molecular formula is C11H8Cl2S. The van der Waals surface area contributed by atoms with E-state index < -0.39 is 0 Å². The zero-order valence-electron chi connectivity index (χ0n) is 7.34. The first-order chi connectivity index (χ1) is 6.77. The first-order valence-corrected chi connectivity index (χ1v) is 5.86. The number of halogens is 2. The van der Waals surface area contributed by atoms with Crippen LogP contribution in [0, 0.1) is 0 Å². The molecule has 2 rings (SSSR count). The maximum atomic E-state index is 6.07. The van der Waals surface area contributed by atoms with Crippen molar-refractivity contribution in [2.45, 2.75) is 6.42 Å². The van der Waals surface area contributed by atoms with Crippen LogP contribution >= 0.6 is 34.5 Å². The van der Waals surface area contributed by atoms with E-state index in [1.807, 2.05) is 24.3 Å². The molecule has 1 aromatic carbocycles. The van der Waals surface area contributed by atoms with E-state index in [1.54, 1.807) is 11.3 Å². The molecule has 0 unspecified atom stereocenters. The summed E-state index contributed by atoms with van der Waals surface area (Å²) in [6, 6.07) is 9.73. The maximum absolute atomic E-state index is 6.07. The summed E-state index contributed by atoms with van der Waals surface area (Å²) in [6.45, 7) is 0. The molecule has 0 atom stereocenters. The molecule has 0 radical (unpaired) electrons. The summed E-state index contributed by atoms with van der Waals surface area (Å²) in [7, 11) is 0. The van der Waals surface area contributed by atoms with E-state index in [4.69, 9.17) is 23.2 Å². The minimum atomic E-state index is 0.742. The number of hydrogen-bond acceptors (Lipinski definition) is 1. The summed E-state index contributed by atoms with van der Waals surface area (Å²) in [5, 5.41) is 3.54. The molecule has 14 heavy (non-hydrogen) atoms. The lowest BCUT2D eigenvalue weighted by atomic mass is 10.1. The molecule has 0 aliphatic rings. The van der Waals surface area contributed by atoms with E-state index in [1.165, 1.54) is 4.88 Å². The van der Waals surface area contributed by atoms with Crippen LogP contribution in [0.3, 0.4) is 0 Å². The lowest BCUT2D eigenvalue weighted by Crippen LogP contribution is -1.87. The predicted octanol–water partition coefficient (Wildman–Crippen LogP) is 4.65. The molecule has 0 saturated carbocycles. The van der Waals surface area contributed by atoms with Gasteiger partial charge in [-0.25, -0.2) is 0 Å². The van der Waals surface area contributed by atoms with Crippen molar-refractivity contribution in [2.75, 3.05) is 0 Å². The van der Waals surface area contributed by atoms with E-state index in [2.05, 4.69) is 11.4 Å². The average Bonchev–Trinajstić information content (AvgIpc) is 2.64. The molecule has 0 nitrogen and oxygen atoms in total. The van der Waals surface area contributed by atoms with Crippen LogP contribution in [0.4, 0.5) is 0 Å². The largest absolute Gasteiger partial charge is 0.149 e. The van der Waals surface area contributed by atoms with Gasteiger partial charge in [-0.3, -0.25) is 0 Å². The molecule has 1 aromatic heterocycles. The van der Waals surface area contributed by atoms with Crippen LogP contribution in [0.25, 0.3) is 0 Å². The monoisotopic (exact) mass is 242 g/mol. The molecule has 3 heteroatoms. The van der Waals surface area contributed by atoms with Crippen LogP contribution < -0.4 is 0 Å². The van der Waals surface area contributed by atoms with Gasteiger partial charge in [0.15, 0.2) is 0 Å². The Labute approximate surface area is 97.1 Å². The van der Waals surface area contributed by atoms with Crippen LogP contribution in [0.5, 0.6) is 0 Å². The van der Waals surface area contributed by atoms with E-state index in [9.17, 15) is 0 Å². The third-order valence-electron chi connectivity index (χ3n) is 1.99. The fourth-order valence-corrected chi connectivity index (χ4v) is 2.54. The van der Waals surface area contributed by atoms with Gasteiger partial charge in [-0.05, 0) is 29.1 Å². The predicted molar refractivity (Wildman–Crippen MR) is 63.6 cm³/mol.